The van der Waals surface area contributed by atoms with Gasteiger partial charge in [0.1, 0.15) is 11.8 Å². The summed E-state index contributed by atoms with van der Waals surface area (Å²) >= 11 is 6.07. The summed E-state index contributed by atoms with van der Waals surface area (Å²) in [6.45, 7) is 4.05. The molecular formula is C25H31ClN2O3. The average molecular weight is 443 g/mol. The van der Waals surface area contributed by atoms with E-state index in [1.54, 1.807) is 23.1 Å². The van der Waals surface area contributed by atoms with E-state index in [1.807, 2.05) is 44.2 Å². The van der Waals surface area contributed by atoms with Crippen molar-refractivity contribution in [1.82, 2.24) is 10.2 Å². The van der Waals surface area contributed by atoms with Gasteiger partial charge in [-0.1, -0.05) is 61.7 Å². The first kappa shape index (κ1) is 23.1. The van der Waals surface area contributed by atoms with Crippen molar-refractivity contribution in [1.29, 1.82) is 0 Å². The standard InChI is InChI=1S/C25H31ClN2O3/c1-3-23(25(30)27-20-11-7-8-12-20)28(16-19-9-5-4-6-10-19)24(29)17-31-21-13-14-22(26)18(2)15-21/h4-6,9-10,13-15,20,23H,3,7-8,11-12,16-17H2,1-2H3,(H,27,30)/t23-/m0/s1. The van der Waals surface area contributed by atoms with Gasteiger partial charge in [0.05, 0.1) is 0 Å². The second-order valence-electron chi connectivity index (χ2n) is 8.12. The first-order valence-corrected chi connectivity index (χ1v) is 11.4. The number of halogens is 1. The van der Waals surface area contributed by atoms with E-state index in [9.17, 15) is 9.59 Å². The minimum Gasteiger partial charge on any atom is -0.484 e. The quantitative estimate of drug-likeness (QED) is 0.601. The zero-order valence-electron chi connectivity index (χ0n) is 18.3. The van der Waals surface area contributed by atoms with Crippen LogP contribution in [-0.4, -0.2) is 35.4 Å². The Balaban J connectivity index is 1.73. The molecule has 1 saturated carbocycles. The van der Waals surface area contributed by atoms with Gasteiger partial charge < -0.3 is 15.0 Å². The number of benzene rings is 2. The van der Waals surface area contributed by atoms with E-state index >= 15 is 0 Å². The molecule has 0 aliphatic heterocycles. The van der Waals surface area contributed by atoms with E-state index in [4.69, 9.17) is 16.3 Å². The molecule has 1 fully saturated rings. The summed E-state index contributed by atoms with van der Waals surface area (Å²) in [5, 5.41) is 3.80. The average Bonchev–Trinajstić information content (AvgIpc) is 3.28. The molecule has 31 heavy (non-hydrogen) atoms. The Morgan fingerprint density at radius 3 is 2.52 bits per heavy atom. The monoisotopic (exact) mass is 442 g/mol. The van der Waals surface area contributed by atoms with Crippen LogP contribution in [0.4, 0.5) is 0 Å². The summed E-state index contributed by atoms with van der Waals surface area (Å²) < 4.78 is 5.75. The third-order valence-corrected chi connectivity index (χ3v) is 6.20. The summed E-state index contributed by atoms with van der Waals surface area (Å²) in [4.78, 5) is 27.9. The Labute approximate surface area is 189 Å². The Morgan fingerprint density at radius 1 is 1.16 bits per heavy atom. The smallest absolute Gasteiger partial charge is 0.261 e. The highest BCUT2D eigenvalue weighted by Crippen LogP contribution is 2.22. The lowest BCUT2D eigenvalue weighted by molar-refractivity contribution is -0.143. The molecule has 1 aliphatic carbocycles. The zero-order chi connectivity index (χ0) is 22.2. The molecule has 5 nitrogen and oxygen atoms in total. The van der Waals surface area contributed by atoms with Crippen molar-refractivity contribution in [2.45, 2.75) is 64.6 Å². The number of aryl methyl sites for hydroxylation is 1. The molecule has 0 heterocycles. The number of carbonyl (C=O) groups excluding carboxylic acids is 2. The lowest BCUT2D eigenvalue weighted by Gasteiger charge is -2.31. The van der Waals surface area contributed by atoms with Gasteiger partial charge in [-0.3, -0.25) is 9.59 Å². The molecule has 0 saturated heterocycles. The molecule has 2 aromatic rings. The van der Waals surface area contributed by atoms with Gasteiger partial charge in [-0.2, -0.15) is 0 Å². The molecule has 0 unspecified atom stereocenters. The van der Waals surface area contributed by atoms with Crippen LogP contribution >= 0.6 is 11.6 Å². The van der Waals surface area contributed by atoms with Gasteiger partial charge in [0.25, 0.3) is 5.91 Å². The molecule has 1 N–H and O–H groups in total. The lowest BCUT2D eigenvalue weighted by atomic mass is 10.1. The molecule has 0 bridgehead atoms. The predicted octanol–water partition coefficient (Wildman–Crippen LogP) is 4.89. The molecule has 2 amide bonds. The van der Waals surface area contributed by atoms with Gasteiger partial charge in [0, 0.05) is 17.6 Å². The van der Waals surface area contributed by atoms with E-state index in [1.165, 1.54) is 0 Å². The maximum Gasteiger partial charge on any atom is 0.261 e. The van der Waals surface area contributed by atoms with E-state index < -0.39 is 6.04 Å². The molecule has 3 rings (SSSR count). The largest absolute Gasteiger partial charge is 0.484 e. The molecule has 1 atom stereocenters. The lowest BCUT2D eigenvalue weighted by Crippen LogP contribution is -2.52. The molecule has 2 aromatic carbocycles. The summed E-state index contributed by atoms with van der Waals surface area (Å²) in [7, 11) is 0. The van der Waals surface area contributed by atoms with E-state index in [-0.39, 0.29) is 24.5 Å². The molecule has 0 aromatic heterocycles. The fraction of sp³-hybridized carbons (Fsp3) is 0.440. The molecule has 6 heteroatoms. The maximum atomic E-state index is 13.2. The number of hydrogen-bond acceptors (Lipinski definition) is 3. The number of amides is 2. The van der Waals surface area contributed by atoms with Crippen LogP contribution in [-0.2, 0) is 16.1 Å². The van der Waals surface area contributed by atoms with E-state index in [2.05, 4.69) is 5.32 Å². The van der Waals surface area contributed by atoms with Crippen LogP contribution in [0.1, 0.15) is 50.2 Å². The SMILES string of the molecule is CC[C@@H](C(=O)NC1CCCC1)N(Cc1ccccc1)C(=O)COc1ccc(Cl)c(C)c1. The van der Waals surface area contributed by atoms with Crippen molar-refractivity contribution in [3.63, 3.8) is 0 Å². The van der Waals surface area contributed by atoms with Crippen molar-refractivity contribution < 1.29 is 14.3 Å². The number of rotatable bonds is 9. The van der Waals surface area contributed by atoms with Crippen LogP contribution < -0.4 is 10.1 Å². The van der Waals surface area contributed by atoms with Crippen LogP contribution in [0.25, 0.3) is 0 Å². The van der Waals surface area contributed by atoms with Gasteiger partial charge in [-0.05, 0) is 55.5 Å². The number of hydrogen-bond donors (Lipinski definition) is 1. The maximum absolute atomic E-state index is 13.2. The number of nitrogens with one attached hydrogen (secondary N) is 1. The first-order valence-electron chi connectivity index (χ1n) is 11.0. The van der Waals surface area contributed by atoms with E-state index in [0.29, 0.717) is 23.7 Å². The summed E-state index contributed by atoms with van der Waals surface area (Å²) in [5.41, 5.74) is 1.86. The minimum atomic E-state index is -0.538. The van der Waals surface area contributed by atoms with Gasteiger partial charge in [-0.15, -0.1) is 0 Å². The molecular weight excluding hydrogens is 412 g/mol. The van der Waals surface area contributed by atoms with Gasteiger partial charge >= 0.3 is 0 Å². The van der Waals surface area contributed by atoms with Crippen molar-refractivity contribution >= 4 is 23.4 Å². The third-order valence-electron chi connectivity index (χ3n) is 5.77. The zero-order valence-corrected chi connectivity index (χ0v) is 19.0. The summed E-state index contributed by atoms with van der Waals surface area (Å²) in [6.07, 6.45) is 4.84. The van der Waals surface area contributed by atoms with Gasteiger partial charge in [0.2, 0.25) is 5.91 Å². The third kappa shape index (κ3) is 6.47. The normalized spacial score (nSPS) is 14.8. The van der Waals surface area contributed by atoms with Crippen LogP contribution in [0, 0.1) is 6.92 Å². The second kappa shape index (κ2) is 11.2. The van der Waals surface area contributed by atoms with E-state index in [0.717, 1.165) is 36.8 Å². The highest BCUT2D eigenvalue weighted by molar-refractivity contribution is 6.31. The summed E-state index contributed by atoms with van der Waals surface area (Å²) in [5.74, 6) is 0.282. The molecule has 0 radical (unpaired) electrons. The van der Waals surface area contributed by atoms with Crippen LogP contribution in [0.5, 0.6) is 5.75 Å². The highest BCUT2D eigenvalue weighted by atomic mass is 35.5. The number of carbonyl (C=O) groups is 2. The van der Waals surface area contributed by atoms with Crippen molar-refractivity contribution in [3.8, 4) is 5.75 Å². The van der Waals surface area contributed by atoms with Crippen LogP contribution in [0.2, 0.25) is 5.02 Å². The van der Waals surface area contributed by atoms with Crippen LogP contribution in [0.15, 0.2) is 48.5 Å². The number of ether oxygens (including phenoxy) is 1. The van der Waals surface area contributed by atoms with Crippen LogP contribution in [0.3, 0.4) is 0 Å². The van der Waals surface area contributed by atoms with Gasteiger partial charge in [-0.25, -0.2) is 0 Å². The minimum absolute atomic E-state index is 0.0824. The Morgan fingerprint density at radius 2 is 1.87 bits per heavy atom. The van der Waals surface area contributed by atoms with Gasteiger partial charge in [0.15, 0.2) is 6.61 Å². The first-order chi connectivity index (χ1) is 15.0. The second-order valence-corrected chi connectivity index (χ2v) is 8.53. The Hall–Kier alpha value is -2.53. The molecule has 166 valence electrons. The van der Waals surface area contributed by atoms with Crippen molar-refractivity contribution in [2.24, 2.45) is 0 Å². The fourth-order valence-corrected chi connectivity index (χ4v) is 4.12. The Kier molecular flexibility index (Phi) is 8.35. The number of nitrogens with zero attached hydrogens (tertiary/aromatic N) is 1. The highest BCUT2D eigenvalue weighted by Gasteiger charge is 2.30. The van der Waals surface area contributed by atoms with Crippen molar-refractivity contribution in [2.75, 3.05) is 6.61 Å². The molecule has 0 spiro atoms. The summed E-state index contributed by atoms with van der Waals surface area (Å²) in [6, 6.07) is 14.7. The predicted molar refractivity (Wildman–Crippen MR) is 123 cm³/mol. The fourth-order valence-electron chi connectivity index (χ4n) is 4.00. The van der Waals surface area contributed by atoms with Crippen molar-refractivity contribution in [3.05, 3.63) is 64.7 Å². The molecule has 1 aliphatic rings. The topological polar surface area (TPSA) is 58.6 Å². The Bertz CT molecular complexity index is 882.